The fraction of sp³-hybridized carbons (Fsp3) is 0.390. The first kappa shape index (κ1) is 51.6. The van der Waals surface area contributed by atoms with Gasteiger partial charge in [-0.15, -0.1) is 0 Å². The second-order valence-electron chi connectivity index (χ2n) is 14.3. The zero-order valence-electron chi connectivity index (χ0n) is 33.6. The fourth-order valence-corrected chi connectivity index (χ4v) is 4.89. The van der Waals surface area contributed by atoms with Gasteiger partial charge in [0.05, 0.1) is 0 Å². The molecule has 328 valence electrons. The van der Waals surface area contributed by atoms with Gasteiger partial charge in [0, 0.05) is 19.3 Å². The van der Waals surface area contributed by atoms with Crippen LogP contribution in [0, 0.1) is 0 Å². The molecule has 3 amide bonds. The number of carboxylic acid groups (broad SMARTS) is 4. The minimum atomic E-state index is -1.15. The monoisotopic (exact) mass is 841 g/mol. The Bertz CT molecular complexity index is 1740. The molecule has 2 aliphatic heterocycles. The van der Waals surface area contributed by atoms with Gasteiger partial charge in [-0.3, -0.25) is 29.2 Å². The lowest BCUT2D eigenvalue weighted by Crippen LogP contribution is -2.44. The van der Waals surface area contributed by atoms with Gasteiger partial charge in [0.25, 0.3) is 11.8 Å². The predicted octanol–water partition coefficient (Wildman–Crippen LogP) is 2.54. The molecule has 5 rings (SSSR count). The number of imide groups is 1. The zero-order chi connectivity index (χ0) is 45.4. The first-order valence-electron chi connectivity index (χ1n) is 18.6. The highest BCUT2D eigenvalue weighted by molar-refractivity contribution is 6.00. The number of rotatable bonds is 11. The van der Waals surface area contributed by atoms with Crippen LogP contribution in [-0.4, -0.2) is 114 Å². The molecule has 3 unspecified atom stereocenters. The van der Waals surface area contributed by atoms with Crippen molar-refractivity contribution in [1.29, 1.82) is 0 Å². The number of aliphatic carboxylic acids is 4. The number of phenols is 1. The number of carboxylic acids is 4. The van der Waals surface area contributed by atoms with Gasteiger partial charge < -0.3 is 52.4 Å². The van der Waals surface area contributed by atoms with Crippen molar-refractivity contribution in [2.75, 3.05) is 6.54 Å². The average molecular weight is 842 g/mol. The van der Waals surface area contributed by atoms with E-state index >= 15 is 0 Å². The molecule has 19 nitrogen and oxygen atoms in total. The van der Waals surface area contributed by atoms with Crippen molar-refractivity contribution in [3.05, 3.63) is 102 Å². The largest absolute Gasteiger partial charge is 0.508 e. The summed E-state index contributed by atoms with van der Waals surface area (Å²) >= 11 is 0. The maximum atomic E-state index is 11.6. The van der Waals surface area contributed by atoms with Gasteiger partial charge in [-0.05, 0) is 81.8 Å². The van der Waals surface area contributed by atoms with E-state index in [0.29, 0.717) is 18.4 Å². The third kappa shape index (κ3) is 22.5. The molecule has 3 aromatic rings. The Hall–Kier alpha value is -6.41. The van der Waals surface area contributed by atoms with Gasteiger partial charge in [0.2, 0.25) is 0 Å². The van der Waals surface area contributed by atoms with E-state index < -0.39 is 65.5 Å². The summed E-state index contributed by atoms with van der Waals surface area (Å²) in [6.45, 7) is 5.95. The van der Waals surface area contributed by atoms with Crippen LogP contribution in [0.5, 0.6) is 5.75 Å². The van der Waals surface area contributed by atoms with Crippen molar-refractivity contribution in [3.8, 4) is 5.75 Å². The van der Waals surface area contributed by atoms with Crippen LogP contribution in [0.4, 0.5) is 4.79 Å². The highest BCUT2D eigenvalue weighted by atomic mass is 16.6. The van der Waals surface area contributed by atoms with Crippen molar-refractivity contribution >= 4 is 41.8 Å². The van der Waals surface area contributed by atoms with Crippen LogP contribution in [0.25, 0.3) is 0 Å². The third-order valence-electron chi connectivity index (χ3n) is 7.98. The van der Waals surface area contributed by atoms with E-state index in [2.05, 4.69) is 10.6 Å². The molecule has 4 atom stereocenters. The summed E-state index contributed by atoms with van der Waals surface area (Å²) < 4.78 is 5.02. The Labute approximate surface area is 346 Å². The van der Waals surface area contributed by atoms with Crippen LogP contribution in [0.3, 0.4) is 0 Å². The van der Waals surface area contributed by atoms with Crippen molar-refractivity contribution < 1.29 is 69.0 Å². The zero-order valence-corrected chi connectivity index (χ0v) is 33.6. The quantitative estimate of drug-likeness (QED) is 0.0979. The summed E-state index contributed by atoms with van der Waals surface area (Å²) in [4.78, 5) is 74.1. The van der Waals surface area contributed by atoms with Crippen molar-refractivity contribution in [1.82, 2.24) is 15.7 Å². The number of alkyl carbamates (subject to hydrolysis) is 1. The Morgan fingerprint density at radius 2 is 1.17 bits per heavy atom. The SMILES string of the molecule is CC(C)(C)OC(=O)NC(Cc1ccc(O)cc1)C(=O)O.NC(Cc1ccccc1)C(=O)O.NC(Cc1ccccc1)C(=O)O.O=C(O)[C@H]1CCCN1.O=C1CCC(=O)N1O. The molecule has 0 saturated carbocycles. The molecule has 0 aliphatic carbocycles. The van der Waals surface area contributed by atoms with Gasteiger partial charge in [0.15, 0.2) is 0 Å². The molecule has 3 aromatic carbocycles. The first-order chi connectivity index (χ1) is 28.1. The maximum Gasteiger partial charge on any atom is 0.408 e. The van der Waals surface area contributed by atoms with Crippen molar-refractivity contribution in [2.45, 2.75) is 95.5 Å². The lowest BCUT2D eigenvalue weighted by molar-refractivity contribution is -0.171. The number of aromatic hydroxyl groups is 1. The van der Waals surface area contributed by atoms with E-state index in [-0.39, 0.29) is 36.1 Å². The number of ether oxygens (including phenoxy) is 1. The second kappa shape index (κ2) is 26.6. The van der Waals surface area contributed by atoms with Crippen LogP contribution < -0.4 is 22.1 Å². The molecule has 0 spiro atoms. The Kier molecular flexibility index (Phi) is 22.8. The molecular formula is C41H55N5O14. The first-order valence-corrected chi connectivity index (χ1v) is 18.6. The van der Waals surface area contributed by atoms with Gasteiger partial charge in [-0.25, -0.2) is 9.59 Å². The van der Waals surface area contributed by atoms with E-state index in [1.165, 1.54) is 12.1 Å². The van der Waals surface area contributed by atoms with Gasteiger partial charge in [-0.1, -0.05) is 72.8 Å². The molecular weight excluding hydrogens is 786 g/mol. The number of carbonyl (C=O) groups excluding carboxylic acids is 3. The van der Waals surface area contributed by atoms with Gasteiger partial charge >= 0.3 is 30.0 Å². The summed E-state index contributed by atoms with van der Waals surface area (Å²) in [6, 6.07) is 21.8. The molecule has 2 fully saturated rings. The highest BCUT2D eigenvalue weighted by Gasteiger charge is 2.27. The minimum absolute atomic E-state index is 0.0979. The number of nitrogens with one attached hydrogen (secondary N) is 2. The summed E-state index contributed by atoms with van der Waals surface area (Å²) in [7, 11) is 0. The predicted molar refractivity (Wildman–Crippen MR) is 216 cm³/mol. The molecule has 2 saturated heterocycles. The number of hydrogen-bond donors (Lipinski definition) is 10. The molecule has 2 aliphatic rings. The number of carbonyl (C=O) groups is 7. The standard InChI is InChI=1S/C14H19NO5.2C9H11NO2.C5H9NO2.C4H5NO3/c1-14(2,3)20-13(19)15-11(12(17)18)8-9-4-6-10(16)7-5-9;2*10-8(9(11)12)6-7-4-2-1-3-5-7;7-5(8)4-2-1-3-6-4;6-3-1-2-4(7)5(3)8/h4-7,11,16H,8H2,1-3H3,(H,15,19)(H,17,18);2*1-5,8H,6,10H2,(H,11,12);4,6H,1-3H2,(H,7,8);8H,1-2H2/t;;;4-;/m...1./s1. The number of nitrogens with two attached hydrogens (primary N) is 2. The molecule has 0 aromatic heterocycles. The number of phenolic OH excluding ortho intramolecular Hbond substituents is 1. The van der Waals surface area contributed by atoms with E-state index in [4.69, 9.17) is 46.9 Å². The summed E-state index contributed by atoms with van der Waals surface area (Å²) in [5, 5.41) is 57.4. The molecule has 0 bridgehead atoms. The topological polar surface area (TPSA) is 329 Å². The smallest absolute Gasteiger partial charge is 0.408 e. The van der Waals surface area contributed by atoms with E-state index in [9.17, 15) is 33.6 Å². The molecule has 2 heterocycles. The number of hydrogen-bond acceptors (Lipinski definition) is 13. The van der Waals surface area contributed by atoms with Crippen molar-refractivity contribution in [2.24, 2.45) is 11.5 Å². The normalized spacial score (nSPS) is 15.6. The number of nitrogens with zero attached hydrogens (tertiary/aromatic N) is 1. The van der Waals surface area contributed by atoms with E-state index in [1.54, 1.807) is 32.9 Å². The molecule has 0 radical (unpaired) electrons. The number of hydroxylamine groups is 2. The lowest BCUT2D eigenvalue weighted by atomic mass is 10.1. The van der Waals surface area contributed by atoms with Crippen molar-refractivity contribution in [3.63, 3.8) is 0 Å². The third-order valence-corrected chi connectivity index (χ3v) is 7.98. The van der Waals surface area contributed by atoms with Gasteiger partial charge in [-0.2, -0.15) is 5.06 Å². The summed E-state index contributed by atoms with van der Waals surface area (Å²) in [5.41, 5.74) is 12.6. The average Bonchev–Trinajstić information content (AvgIpc) is 3.83. The Balaban J connectivity index is 0.000000392. The van der Waals surface area contributed by atoms with Crippen LogP contribution >= 0.6 is 0 Å². The highest BCUT2D eigenvalue weighted by Crippen LogP contribution is 2.13. The second-order valence-corrected chi connectivity index (χ2v) is 14.3. The summed E-state index contributed by atoms with van der Waals surface area (Å²) in [6.07, 6.45) is 2.18. The number of benzene rings is 3. The molecule has 12 N–H and O–H groups in total. The Morgan fingerprint density at radius 3 is 1.47 bits per heavy atom. The van der Waals surface area contributed by atoms with Crippen LogP contribution in [0.1, 0.15) is 63.1 Å². The van der Waals surface area contributed by atoms with Crippen LogP contribution in [-0.2, 0) is 52.8 Å². The van der Waals surface area contributed by atoms with Crippen LogP contribution in [0.2, 0.25) is 0 Å². The Morgan fingerprint density at radius 1 is 0.733 bits per heavy atom. The van der Waals surface area contributed by atoms with Crippen LogP contribution in [0.15, 0.2) is 84.9 Å². The van der Waals surface area contributed by atoms with Gasteiger partial charge in [0.1, 0.15) is 35.5 Å². The fourth-order valence-electron chi connectivity index (χ4n) is 4.89. The molecule has 60 heavy (non-hydrogen) atoms. The minimum Gasteiger partial charge on any atom is -0.508 e. The van der Waals surface area contributed by atoms with E-state index in [1.807, 2.05) is 60.7 Å². The van der Waals surface area contributed by atoms with E-state index in [0.717, 1.165) is 30.5 Å². The molecule has 19 heteroatoms. The summed E-state index contributed by atoms with van der Waals surface area (Å²) in [5.74, 6) is -4.70. The maximum absolute atomic E-state index is 11.6. The lowest BCUT2D eigenvalue weighted by Gasteiger charge is -2.22. The number of amides is 3.